The largest absolute Gasteiger partial charge is 0.503 e. The summed E-state index contributed by atoms with van der Waals surface area (Å²) in [6.45, 7) is 0. The van der Waals surface area contributed by atoms with Crippen LogP contribution in [0.4, 0.5) is 4.79 Å². The van der Waals surface area contributed by atoms with Gasteiger partial charge in [-0.3, -0.25) is 0 Å². The van der Waals surface area contributed by atoms with Crippen LogP contribution < -0.4 is 0 Å². The average Bonchev–Trinajstić information content (AvgIpc) is 2.23. The number of hydrogen-bond acceptors (Lipinski definition) is 3. The molecule has 2 N–H and O–H groups in total. The van der Waals surface area contributed by atoms with Gasteiger partial charge in [0.05, 0.1) is 0 Å². The van der Waals surface area contributed by atoms with E-state index in [4.69, 9.17) is 38.2 Å². The number of nitrogens with zero attached hydrogens (tertiary/aromatic N) is 2. The summed E-state index contributed by atoms with van der Waals surface area (Å²) in [5.41, 5.74) is 0. The summed E-state index contributed by atoms with van der Waals surface area (Å²) < 4.78 is 0. The Bertz CT molecular complexity index is 475. The van der Waals surface area contributed by atoms with Gasteiger partial charge >= 0.3 is 6.16 Å². The maximum absolute atomic E-state index is 8.56. The molecule has 0 aliphatic heterocycles. The monoisotopic (exact) mass is 260 g/mol. The van der Waals surface area contributed by atoms with Crippen molar-refractivity contribution in [1.82, 2.24) is 10.2 Å². The lowest BCUT2D eigenvalue weighted by atomic mass is 10.2. The molecule has 2 aromatic rings. The molecule has 5 nitrogen and oxygen atoms in total. The quantitative estimate of drug-likeness (QED) is 0.760. The van der Waals surface area contributed by atoms with Crippen LogP contribution in [0, 0.1) is 0 Å². The first kappa shape index (κ1) is 12.5. The molecule has 0 amide bonds. The van der Waals surface area contributed by atoms with Crippen LogP contribution in [0.15, 0.2) is 24.3 Å². The number of fused-ring (bicyclic) bond motifs is 1. The van der Waals surface area contributed by atoms with Gasteiger partial charge in [-0.2, -0.15) is 0 Å². The standard InChI is InChI=1S/C8H4Cl2N2.CH2O3/c9-7-5-3-1-2-4-6(5)8(10)12-11-7;2-1(3)4/h1-4H;(H2,2,3,4). The van der Waals surface area contributed by atoms with Crippen molar-refractivity contribution >= 4 is 40.1 Å². The minimum atomic E-state index is -1.83. The highest BCUT2D eigenvalue weighted by Crippen LogP contribution is 2.24. The zero-order valence-corrected chi connectivity index (χ0v) is 9.27. The van der Waals surface area contributed by atoms with Gasteiger partial charge in [-0.1, -0.05) is 47.5 Å². The third-order valence-corrected chi connectivity index (χ3v) is 2.16. The van der Waals surface area contributed by atoms with Crippen molar-refractivity contribution in [2.75, 3.05) is 0 Å². The van der Waals surface area contributed by atoms with E-state index in [-0.39, 0.29) is 0 Å². The zero-order chi connectivity index (χ0) is 12.1. The Morgan fingerprint density at radius 2 is 1.31 bits per heavy atom. The molecule has 0 unspecified atom stereocenters. The molecule has 0 spiro atoms. The summed E-state index contributed by atoms with van der Waals surface area (Å²) >= 11 is 11.6. The normalized spacial score (nSPS) is 9.38. The number of rotatable bonds is 0. The van der Waals surface area contributed by atoms with Gasteiger partial charge in [0.15, 0.2) is 10.3 Å². The van der Waals surface area contributed by atoms with Crippen molar-refractivity contribution in [3.8, 4) is 0 Å². The zero-order valence-electron chi connectivity index (χ0n) is 7.76. The lowest BCUT2D eigenvalue weighted by Gasteiger charge is -1.98. The third kappa shape index (κ3) is 3.22. The van der Waals surface area contributed by atoms with Crippen LogP contribution in [0.25, 0.3) is 10.8 Å². The van der Waals surface area contributed by atoms with Crippen molar-refractivity contribution in [2.24, 2.45) is 0 Å². The summed E-state index contributed by atoms with van der Waals surface area (Å²) in [4.78, 5) is 8.56. The van der Waals surface area contributed by atoms with E-state index < -0.39 is 6.16 Å². The van der Waals surface area contributed by atoms with Crippen LogP contribution in [-0.4, -0.2) is 26.6 Å². The van der Waals surface area contributed by atoms with Gasteiger partial charge in [0.25, 0.3) is 0 Å². The number of aromatic nitrogens is 2. The fourth-order valence-electron chi connectivity index (χ4n) is 1.04. The van der Waals surface area contributed by atoms with Crippen LogP contribution in [0.3, 0.4) is 0 Å². The maximum atomic E-state index is 8.56. The summed E-state index contributed by atoms with van der Waals surface area (Å²) in [6, 6.07) is 7.48. The first-order chi connectivity index (χ1) is 7.52. The first-order valence-corrected chi connectivity index (χ1v) is 4.76. The molecule has 1 aromatic heterocycles. The molecule has 2 rings (SSSR count). The molecule has 1 aromatic carbocycles. The number of carboxylic acid groups (broad SMARTS) is 2. The predicted molar refractivity (Wildman–Crippen MR) is 60.2 cm³/mol. The summed E-state index contributed by atoms with van der Waals surface area (Å²) in [5.74, 6) is 0. The highest BCUT2D eigenvalue weighted by Gasteiger charge is 2.03. The van der Waals surface area contributed by atoms with Crippen molar-refractivity contribution in [1.29, 1.82) is 0 Å². The molecule has 1 heterocycles. The van der Waals surface area contributed by atoms with Gasteiger partial charge in [-0.15, -0.1) is 10.2 Å². The predicted octanol–water partition coefficient (Wildman–Crippen LogP) is 3.16. The molecule has 84 valence electrons. The second kappa shape index (κ2) is 5.48. The molecule has 16 heavy (non-hydrogen) atoms. The van der Waals surface area contributed by atoms with Gasteiger partial charge in [0.1, 0.15) is 0 Å². The molecule has 0 bridgehead atoms. The minimum absolute atomic E-state index is 0.384. The van der Waals surface area contributed by atoms with Crippen LogP contribution in [-0.2, 0) is 0 Å². The fraction of sp³-hybridized carbons (Fsp3) is 0. The summed E-state index contributed by atoms with van der Waals surface area (Å²) in [7, 11) is 0. The van der Waals surface area contributed by atoms with Gasteiger partial charge in [-0.25, -0.2) is 4.79 Å². The van der Waals surface area contributed by atoms with E-state index in [2.05, 4.69) is 10.2 Å². The lowest BCUT2D eigenvalue weighted by Crippen LogP contribution is -1.85. The summed E-state index contributed by atoms with van der Waals surface area (Å²) in [5, 5.41) is 23.8. The maximum Gasteiger partial charge on any atom is 0.503 e. The van der Waals surface area contributed by atoms with Crippen LogP contribution in [0.2, 0.25) is 10.3 Å². The van der Waals surface area contributed by atoms with E-state index in [1.54, 1.807) is 0 Å². The van der Waals surface area contributed by atoms with Gasteiger partial charge in [0.2, 0.25) is 0 Å². The number of hydrogen-bond donors (Lipinski definition) is 2. The van der Waals surface area contributed by atoms with E-state index in [0.717, 1.165) is 10.8 Å². The molecule has 7 heteroatoms. The Kier molecular flexibility index (Phi) is 4.28. The van der Waals surface area contributed by atoms with Crippen molar-refractivity contribution < 1.29 is 15.0 Å². The highest BCUT2D eigenvalue weighted by molar-refractivity contribution is 6.38. The van der Waals surface area contributed by atoms with Crippen molar-refractivity contribution in [3.63, 3.8) is 0 Å². The van der Waals surface area contributed by atoms with Crippen LogP contribution in [0.5, 0.6) is 0 Å². The lowest BCUT2D eigenvalue weighted by molar-refractivity contribution is 0.137. The second-order valence-corrected chi connectivity index (χ2v) is 3.33. The number of benzene rings is 1. The highest BCUT2D eigenvalue weighted by atomic mass is 35.5. The van der Waals surface area contributed by atoms with Gasteiger partial charge in [-0.05, 0) is 0 Å². The summed E-state index contributed by atoms with van der Waals surface area (Å²) in [6.07, 6.45) is -1.83. The van der Waals surface area contributed by atoms with Gasteiger partial charge in [0, 0.05) is 10.8 Å². The molecule has 0 fully saturated rings. The van der Waals surface area contributed by atoms with Crippen LogP contribution in [0.1, 0.15) is 0 Å². The molecule has 0 aliphatic carbocycles. The SMILES string of the molecule is Clc1nnc(Cl)c2ccccc12.O=C(O)O. The second-order valence-electron chi connectivity index (χ2n) is 2.61. The molecule has 0 saturated carbocycles. The van der Waals surface area contributed by atoms with Crippen molar-refractivity contribution in [2.45, 2.75) is 0 Å². The fourth-order valence-corrected chi connectivity index (χ4v) is 1.44. The molecule has 0 radical (unpaired) electrons. The molecule has 0 atom stereocenters. The number of halogens is 2. The minimum Gasteiger partial charge on any atom is -0.450 e. The van der Waals surface area contributed by atoms with E-state index in [1.807, 2.05) is 24.3 Å². The van der Waals surface area contributed by atoms with E-state index in [1.165, 1.54) is 0 Å². The average molecular weight is 261 g/mol. The Hall–Kier alpha value is -1.59. The Labute approximate surface area is 100 Å². The topological polar surface area (TPSA) is 83.3 Å². The third-order valence-electron chi connectivity index (χ3n) is 1.60. The Morgan fingerprint density at radius 3 is 1.62 bits per heavy atom. The number of carbonyl (C=O) groups is 1. The first-order valence-electron chi connectivity index (χ1n) is 4.00. The molecule has 0 saturated heterocycles. The van der Waals surface area contributed by atoms with Crippen molar-refractivity contribution in [3.05, 3.63) is 34.6 Å². The Morgan fingerprint density at radius 1 is 1.00 bits per heavy atom. The van der Waals surface area contributed by atoms with Gasteiger partial charge < -0.3 is 10.2 Å². The van der Waals surface area contributed by atoms with Crippen LogP contribution >= 0.6 is 23.2 Å². The van der Waals surface area contributed by atoms with E-state index in [0.29, 0.717) is 10.3 Å². The molecular weight excluding hydrogens is 255 g/mol. The smallest absolute Gasteiger partial charge is 0.450 e. The van der Waals surface area contributed by atoms with E-state index in [9.17, 15) is 0 Å². The Balaban J connectivity index is 0.000000280. The molecule has 0 aliphatic rings. The molecular formula is C9H6Cl2N2O3. The van der Waals surface area contributed by atoms with E-state index >= 15 is 0 Å².